The van der Waals surface area contributed by atoms with Gasteiger partial charge in [0.1, 0.15) is 17.6 Å². The number of nitrogens with one attached hydrogen (secondary N) is 2. The molecule has 0 saturated carbocycles. The summed E-state index contributed by atoms with van der Waals surface area (Å²) in [5.74, 6) is 0.0510. The number of carbonyl (C=O) groups is 1. The highest BCUT2D eigenvalue weighted by atomic mass is 35.5. The third-order valence-electron chi connectivity index (χ3n) is 3.71. The number of carbonyl (C=O) groups excluding carboxylic acids is 1. The van der Waals surface area contributed by atoms with Crippen molar-refractivity contribution in [3.05, 3.63) is 76.7 Å². The molecule has 1 aromatic heterocycles. The minimum atomic E-state index is -0.439. The van der Waals surface area contributed by atoms with Crippen molar-refractivity contribution in [2.75, 3.05) is 10.6 Å². The average Bonchev–Trinajstić information content (AvgIpc) is 2.66. The molecule has 0 aliphatic rings. The maximum Gasteiger partial charge on any atom is 0.275 e. The molecule has 0 radical (unpaired) electrons. The minimum Gasteiger partial charge on any atom is -0.339 e. The molecule has 0 aliphatic carbocycles. The lowest BCUT2D eigenvalue weighted by Crippen LogP contribution is -2.15. The second-order valence-corrected chi connectivity index (χ2v) is 5.84. The van der Waals surface area contributed by atoms with E-state index < -0.39 is 5.91 Å². The van der Waals surface area contributed by atoms with E-state index >= 15 is 0 Å². The van der Waals surface area contributed by atoms with Gasteiger partial charge in [0.25, 0.3) is 5.91 Å². The van der Waals surface area contributed by atoms with Crippen molar-refractivity contribution in [2.45, 2.75) is 6.92 Å². The molecule has 0 fully saturated rings. The number of hydrogen-bond acceptors (Lipinski definition) is 5. The zero-order chi connectivity index (χ0) is 18.5. The Balaban J connectivity index is 1.74. The molecule has 3 aromatic rings. The predicted molar refractivity (Wildman–Crippen MR) is 101 cm³/mol. The van der Waals surface area contributed by atoms with Crippen LogP contribution in [0.5, 0.6) is 0 Å². The lowest BCUT2D eigenvalue weighted by molar-refractivity contribution is 0.102. The van der Waals surface area contributed by atoms with Gasteiger partial charge in [-0.2, -0.15) is 5.26 Å². The van der Waals surface area contributed by atoms with Crippen LogP contribution in [0, 0.1) is 18.3 Å². The number of para-hydroxylation sites is 1. The number of amides is 1. The fourth-order valence-corrected chi connectivity index (χ4v) is 2.44. The number of anilines is 3. The third kappa shape index (κ3) is 3.79. The second kappa shape index (κ2) is 7.64. The van der Waals surface area contributed by atoms with Crippen molar-refractivity contribution in [3.63, 3.8) is 0 Å². The quantitative estimate of drug-likeness (QED) is 0.720. The molecule has 3 rings (SSSR count). The fraction of sp³-hybridized carbons (Fsp3) is 0.0526. The Bertz CT molecular complexity index is 996. The highest BCUT2D eigenvalue weighted by Crippen LogP contribution is 2.25. The van der Waals surface area contributed by atoms with Gasteiger partial charge in [0.15, 0.2) is 0 Å². The predicted octanol–water partition coefficient (Wildman–Crippen LogP) is 4.31. The highest BCUT2D eigenvalue weighted by Gasteiger charge is 2.11. The molecule has 0 aliphatic heterocycles. The largest absolute Gasteiger partial charge is 0.339 e. The van der Waals surface area contributed by atoms with Gasteiger partial charge >= 0.3 is 0 Å². The molecule has 26 heavy (non-hydrogen) atoms. The van der Waals surface area contributed by atoms with E-state index in [0.717, 1.165) is 11.3 Å². The zero-order valence-corrected chi connectivity index (χ0v) is 14.6. The van der Waals surface area contributed by atoms with E-state index in [0.29, 0.717) is 22.1 Å². The molecule has 6 nitrogen and oxygen atoms in total. The first-order valence-electron chi connectivity index (χ1n) is 7.73. The van der Waals surface area contributed by atoms with E-state index in [1.54, 1.807) is 30.3 Å². The van der Waals surface area contributed by atoms with E-state index in [9.17, 15) is 4.79 Å². The van der Waals surface area contributed by atoms with Gasteiger partial charge in [-0.05, 0) is 36.8 Å². The molecule has 128 valence electrons. The van der Waals surface area contributed by atoms with Crippen LogP contribution in [-0.2, 0) is 0 Å². The maximum atomic E-state index is 12.3. The molecule has 0 atom stereocenters. The van der Waals surface area contributed by atoms with Crippen LogP contribution in [0.3, 0.4) is 0 Å². The van der Waals surface area contributed by atoms with Crippen molar-refractivity contribution in [1.82, 2.24) is 9.97 Å². The summed E-state index contributed by atoms with van der Waals surface area (Å²) in [7, 11) is 0. The Morgan fingerprint density at radius 2 is 1.85 bits per heavy atom. The standard InChI is InChI=1S/C19H14ClN5O/c1-12-14(20)6-4-8-15(12)24-18-11-22-17(10-23-18)19(26)25-16-7-3-2-5-13(16)9-21/h2-8,10-11H,1H3,(H,23,24)(H,25,26). The summed E-state index contributed by atoms with van der Waals surface area (Å²) in [5.41, 5.74) is 2.66. The summed E-state index contributed by atoms with van der Waals surface area (Å²) in [4.78, 5) is 20.6. The fourth-order valence-electron chi connectivity index (χ4n) is 2.27. The summed E-state index contributed by atoms with van der Waals surface area (Å²) < 4.78 is 0. The number of aromatic nitrogens is 2. The van der Waals surface area contributed by atoms with Gasteiger partial charge in [0.2, 0.25) is 0 Å². The zero-order valence-electron chi connectivity index (χ0n) is 13.8. The van der Waals surface area contributed by atoms with E-state index in [-0.39, 0.29) is 5.69 Å². The number of benzene rings is 2. The van der Waals surface area contributed by atoms with Crippen LogP contribution < -0.4 is 10.6 Å². The highest BCUT2D eigenvalue weighted by molar-refractivity contribution is 6.31. The lowest BCUT2D eigenvalue weighted by Gasteiger charge is -2.10. The number of hydrogen-bond donors (Lipinski definition) is 2. The number of rotatable bonds is 4. The van der Waals surface area contributed by atoms with Crippen LogP contribution in [0.2, 0.25) is 5.02 Å². The molecule has 0 saturated heterocycles. The number of nitriles is 1. The summed E-state index contributed by atoms with van der Waals surface area (Å²) in [6, 6.07) is 14.3. The Kier molecular flexibility index (Phi) is 5.11. The summed E-state index contributed by atoms with van der Waals surface area (Å²) in [6.07, 6.45) is 2.83. The van der Waals surface area contributed by atoms with Crippen LogP contribution >= 0.6 is 11.6 Å². The van der Waals surface area contributed by atoms with Crippen molar-refractivity contribution in [2.24, 2.45) is 0 Å². The van der Waals surface area contributed by atoms with Gasteiger partial charge in [-0.15, -0.1) is 0 Å². The summed E-state index contributed by atoms with van der Waals surface area (Å²) >= 11 is 6.10. The van der Waals surface area contributed by atoms with E-state index in [1.807, 2.05) is 25.1 Å². The van der Waals surface area contributed by atoms with Crippen molar-refractivity contribution < 1.29 is 4.79 Å². The van der Waals surface area contributed by atoms with Crippen LogP contribution in [0.1, 0.15) is 21.6 Å². The van der Waals surface area contributed by atoms with Crippen molar-refractivity contribution in [3.8, 4) is 6.07 Å². The maximum absolute atomic E-state index is 12.3. The van der Waals surface area contributed by atoms with E-state index in [4.69, 9.17) is 16.9 Å². The van der Waals surface area contributed by atoms with Crippen molar-refractivity contribution in [1.29, 1.82) is 5.26 Å². The molecule has 0 unspecified atom stereocenters. The Morgan fingerprint density at radius 1 is 1.08 bits per heavy atom. The first-order chi connectivity index (χ1) is 12.6. The normalized spacial score (nSPS) is 10.0. The summed E-state index contributed by atoms with van der Waals surface area (Å²) in [6.45, 7) is 1.90. The average molecular weight is 364 g/mol. The van der Waals surface area contributed by atoms with Gasteiger partial charge in [-0.3, -0.25) is 4.79 Å². The molecule has 1 heterocycles. The molecule has 2 N–H and O–H groups in total. The first kappa shape index (κ1) is 17.4. The molecular formula is C19H14ClN5O. The van der Waals surface area contributed by atoms with Gasteiger partial charge < -0.3 is 10.6 Å². The van der Waals surface area contributed by atoms with Gasteiger partial charge in [0.05, 0.1) is 23.6 Å². The van der Waals surface area contributed by atoms with Crippen LogP contribution in [0.25, 0.3) is 0 Å². The topological polar surface area (TPSA) is 90.7 Å². The number of halogens is 1. The third-order valence-corrected chi connectivity index (χ3v) is 4.12. The Labute approximate surface area is 155 Å². The molecule has 0 bridgehead atoms. The smallest absolute Gasteiger partial charge is 0.275 e. The first-order valence-corrected chi connectivity index (χ1v) is 8.11. The molecular weight excluding hydrogens is 350 g/mol. The molecule has 7 heteroatoms. The van der Waals surface area contributed by atoms with E-state index in [2.05, 4.69) is 20.6 Å². The number of nitrogens with zero attached hydrogens (tertiary/aromatic N) is 3. The SMILES string of the molecule is Cc1c(Cl)cccc1Nc1cnc(C(=O)Nc2ccccc2C#N)cn1. The molecule has 2 aromatic carbocycles. The van der Waals surface area contributed by atoms with Gasteiger partial charge in [-0.1, -0.05) is 29.8 Å². The molecule has 0 spiro atoms. The lowest BCUT2D eigenvalue weighted by atomic mass is 10.2. The van der Waals surface area contributed by atoms with E-state index in [1.165, 1.54) is 12.4 Å². The minimum absolute atomic E-state index is 0.145. The Morgan fingerprint density at radius 3 is 2.58 bits per heavy atom. The Hall–Kier alpha value is -3.43. The monoisotopic (exact) mass is 363 g/mol. The molecule has 1 amide bonds. The van der Waals surface area contributed by atoms with Crippen LogP contribution in [0.15, 0.2) is 54.9 Å². The van der Waals surface area contributed by atoms with Gasteiger partial charge in [-0.25, -0.2) is 9.97 Å². The van der Waals surface area contributed by atoms with Crippen LogP contribution in [-0.4, -0.2) is 15.9 Å². The second-order valence-electron chi connectivity index (χ2n) is 5.44. The van der Waals surface area contributed by atoms with Crippen molar-refractivity contribution >= 4 is 34.7 Å². The summed E-state index contributed by atoms with van der Waals surface area (Å²) in [5, 5.41) is 15.5. The van der Waals surface area contributed by atoms with Gasteiger partial charge in [0, 0.05) is 10.7 Å². The van der Waals surface area contributed by atoms with Crippen LogP contribution in [0.4, 0.5) is 17.2 Å².